The predicted octanol–water partition coefficient (Wildman–Crippen LogP) is 4.15. The van der Waals surface area contributed by atoms with Gasteiger partial charge in [0, 0.05) is 37.5 Å². The fourth-order valence-corrected chi connectivity index (χ4v) is 4.27. The Morgan fingerprint density at radius 2 is 1.90 bits per heavy atom. The number of pyridine rings is 1. The molecule has 4 rings (SSSR count). The number of hydrogen-bond acceptors (Lipinski definition) is 4. The van der Waals surface area contributed by atoms with Gasteiger partial charge in [-0.15, -0.1) is 0 Å². The standard InChI is InChI=1S/C24H30N2O3/c27-24(23-9-5-16-29-23)26(21-7-1-2-8-21)18-19-10-12-22(13-11-19)28-17-14-20-6-3-4-15-25-20/h3-4,6,10-13,15,21,23H,1-2,5,7-9,14,16-18H2/t23-/m0/s1. The summed E-state index contributed by atoms with van der Waals surface area (Å²) >= 11 is 0. The number of carbonyl (C=O) groups excluding carboxylic acids is 1. The third kappa shape index (κ3) is 5.36. The van der Waals surface area contributed by atoms with E-state index in [0.717, 1.165) is 49.1 Å². The van der Waals surface area contributed by atoms with E-state index >= 15 is 0 Å². The smallest absolute Gasteiger partial charge is 0.252 e. The van der Waals surface area contributed by atoms with Gasteiger partial charge in [-0.3, -0.25) is 9.78 Å². The second kappa shape index (κ2) is 9.88. The number of nitrogens with zero attached hydrogens (tertiary/aromatic N) is 2. The minimum atomic E-state index is -0.246. The number of amides is 1. The van der Waals surface area contributed by atoms with Crippen molar-refractivity contribution in [2.45, 2.75) is 63.6 Å². The molecule has 0 radical (unpaired) electrons. The molecule has 1 amide bonds. The number of rotatable bonds is 8. The molecule has 5 nitrogen and oxygen atoms in total. The van der Waals surface area contributed by atoms with Gasteiger partial charge >= 0.3 is 0 Å². The molecular weight excluding hydrogens is 364 g/mol. The van der Waals surface area contributed by atoms with Crippen LogP contribution >= 0.6 is 0 Å². The van der Waals surface area contributed by atoms with Gasteiger partial charge in [-0.1, -0.05) is 31.0 Å². The van der Waals surface area contributed by atoms with Crippen LogP contribution in [0.4, 0.5) is 0 Å². The van der Waals surface area contributed by atoms with E-state index in [1.165, 1.54) is 12.8 Å². The second-order valence-corrected chi connectivity index (χ2v) is 7.97. The summed E-state index contributed by atoms with van der Waals surface area (Å²) in [5.74, 6) is 1.02. The van der Waals surface area contributed by atoms with Crippen molar-refractivity contribution in [1.29, 1.82) is 0 Å². The quantitative estimate of drug-likeness (QED) is 0.675. The first kappa shape index (κ1) is 19.9. The largest absolute Gasteiger partial charge is 0.493 e. The maximum Gasteiger partial charge on any atom is 0.252 e. The molecule has 0 bridgehead atoms. The van der Waals surface area contributed by atoms with Crippen LogP contribution in [0.15, 0.2) is 48.7 Å². The van der Waals surface area contributed by atoms with E-state index in [-0.39, 0.29) is 12.0 Å². The zero-order valence-corrected chi connectivity index (χ0v) is 17.0. The summed E-state index contributed by atoms with van der Waals surface area (Å²) in [5.41, 5.74) is 2.17. The van der Waals surface area contributed by atoms with Crippen LogP contribution in [-0.2, 0) is 22.5 Å². The molecule has 1 aliphatic carbocycles. The Kier molecular flexibility index (Phi) is 6.78. The minimum absolute atomic E-state index is 0.171. The topological polar surface area (TPSA) is 51.7 Å². The van der Waals surface area contributed by atoms with Gasteiger partial charge in [0.15, 0.2) is 0 Å². The SMILES string of the molecule is O=C([C@@H]1CCCO1)N(Cc1ccc(OCCc2ccccn2)cc1)C1CCCC1. The van der Waals surface area contributed by atoms with Gasteiger partial charge in [-0.25, -0.2) is 0 Å². The monoisotopic (exact) mass is 394 g/mol. The highest BCUT2D eigenvalue weighted by atomic mass is 16.5. The fourth-order valence-electron chi connectivity index (χ4n) is 4.27. The van der Waals surface area contributed by atoms with Crippen molar-refractivity contribution in [3.63, 3.8) is 0 Å². The number of hydrogen-bond donors (Lipinski definition) is 0. The molecule has 29 heavy (non-hydrogen) atoms. The minimum Gasteiger partial charge on any atom is -0.493 e. The summed E-state index contributed by atoms with van der Waals surface area (Å²) in [7, 11) is 0. The Morgan fingerprint density at radius 3 is 2.59 bits per heavy atom. The highest BCUT2D eigenvalue weighted by molar-refractivity contribution is 5.81. The third-order valence-electron chi connectivity index (χ3n) is 5.88. The molecule has 5 heteroatoms. The highest BCUT2D eigenvalue weighted by Crippen LogP contribution is 2.28. The van der Waals surface area contributed by atoms with Crippen molar-refractivity contribution >= 4 is 5.91 Å². The van der Waals surface area contributed by atoms with Crippen LogP contribution in [0.2, 0.25) is 0 Å². The van der Waals surface area contributed by atoms with E-state index in [4.69, 9.17) is 9.47 Å². The van der Waals surface area contributed by atoms with Crippen molar-refractivity contribution in [1.82, 2.24) is 9.88 Å². The number of ether oxygens (including phenoxy) is 2. The molecule has 1 saturated carbocycles. The van der Waals surface area contributed by atoms with Gasteiger partial charge in [-0.2, -0.15) is 0 Å². The Bertz CT molecular complexity index is 766. The maximum atomic E-state index is 13.1. The Balaban J connectivity index is 1.34. The molecule has 1 saturated heterocycles. The first-order valence-corrected chi connectivity index (χ1v) is 10.8. The lowest BCUT2D eigenvalue weighted by atomic mass is 10.1. The zero-order chi connectivity index (χ0) is 19.9. The molecule has 2 heterocycles. The summed E-state index contributed by atoms with van der Waals surface area (Å²) < 4.78 is 11.5. The highest BCUT2D eigenvalue weighted by Gasteiger charge is 2.33. The van der Waals surface area contributed by atoms with Crippen LogP contribution in [-0.4, -0.2) is 41.2 Å². The fraction of sp³-hybridized carbons (Fsp3) is 0.500. The average molecular weight is 395 g/mol. The van der Waals surface area contributed by atoms with E-state index in [1.807, 2.05) is 30.3 Å². The third-order valence-corrected chi connectivity index (χ3v) is 5.88. The summed E-state index contributed by atoms with van der Waals surface area (Å²) in [6.45, 7) is 1.96. The van der Waals surface area contributed by atoms with E-state index in [9.17, 15) is 4.79 Å². The Labute approximate surface area is 173 Å². The molecule has 2 aromatic rings. The first-order valence-electron chi connectivity index (χ1n) is 10.8. The molecule has 2 aliphatic rings. The van der Waals surface area contributed by atoms with E-state index in [2.05, 4.69) is 22.0 Å². The van der Waals surface area contributed by atoms with Crippen molar-refractivity contribution < 1.29 is 14.3 Å². The molecule has 1 aromatic carbocycles. The Hall–Kier alpha value is -2.40. The molecule has 1 aromatic heterocycles. The van der Waals surface area contributed by atoms with Crippen molar-refractivity contribution in [2.24, 2.45) is 0 Å². The molecule has 1 aliphatic heterocycles. The van der Waals surface area contributed by atoms with Crippen LogP contribution in [0, 0.1) is 0 Å². The van der Waals surface area contributed by atoms with Crippen LogP contribution in [0.25, 0.3) is 0 Å². The van der Waals surface area contributed by atoms with Crippen molar-refractivity contribution in [2.75, 3.05) is 13.2 Å². The molecule has 0 spiro atoms. The van der Waals surface area contributed by atoms with Gasteiger partial charge in [0.1, 0.15) is 11.9 Å². The van der Waals surface area contributed by atoms with Gasteiger partial charge < -0.3 is 14.4 Å². The summed E-state index contributed by atoms with van der Waals surface area (Å²) in [4.78, 5) is 19.4. The van der Waals surface area contributed by atoms with Gasteiger partial charge in [0.2, 0.25) is 0 Å². The molecule has 0 N–H and O–H groups in total. The first-order chi connectivity index (χ1) is 14.3. The summed E-state index contributed by atoms with van der Waals surface area (Å²) in [6, 6.07) is 14.4. The maximum absolute atomic E-state index is 13.1. The molecule has 0 unspecified atom stereocenters. The normalized spacial score (nSPS) is 19.4. The lowest BCUT2D eigenvalue weighted by Crippen LogP contribution is -2.43. The molecule has 2 fully saturated rings. The number of carbonyl (C=O) groups is 1. The van der Waals surface area contributed by atoms with Crippen molar-refractivity contribution in [3.05, 3.63) is 59.9 Å². The van der Waals surface area contributed by atoms with Crippen molar-refractivity contribution in [3.8, 4) is 5.75 Å². The zero-order valence-electron chi connectivity index (χ0n) is 17.0. The van der Waals surface area contributed by atoms with Gasteiger partial charge in [0.05, 0.1) is 6.61 Å². The molecular formula is C24H30N2O3. The number of benzene rings is 1. The van der Waals surface area contributed by atoms with Crippen LogP contribution in [0.1, 0.15) is 49.8 Å². The van der Waals surface area contributed by atoms with Gasteiger partial charge in [-0.05, 0) is 55.5 Å². The summed E-state index contributed by atoms with van der Waals surface area (Å²) in [6.07, 6.45) is 8.81. The van der Waals surface area contributed by atoms with Crippen LogP contribution < -0.4 is 4.74 Å². The lowest BCUT2D eigenvalue weighted by molar-refractivity contribution is -0.144. The Morgan fingerprint density at radius 1 is 1.07 bits per heavy atom. The number of aromatic nitrogens is 1. The van der Waals surface area contributed by atoms with E-state index in [1.54, 1.807) is 6.20 Å². The summed E-state index contributed by atoms with van der Waals surface area (Å²) in [5, 5.41) is 0. The van der Waals surface area contributed by atoms with Gasteiger partial charge in [0.25, 0.3) is 5.91 Å². The molecule has 154 valence electrons. The van der Waals surface area contributed by atoms with E-state index < -0.39 is 0 Å². The van der Waals surface area contributed by atoms with E-state index in [0.29, 0.717) is 25.8 Å². The molecule has 1 atom stereocenters. The van der Waals surface area contributed by atoms with Crippen LogP contribution in [0.5, 0.6) is 5.75 Å². The predicted molar refractivity (Wildman–Crippen MR) is 112 cm³/mol. The van der Waals surface area contributed by atoms with Crippen LogP contribution in [0.3, 0.4) is 0 Å². The lowest BCUT2D eigenvalue weighted by Gasteiger charge is -2.31. The second-order valence-electron chi connectivity index (χ2n) is 7.97. The average Bonchev–Trinajstić information content (AvgIpc) is 3.48.